The van der Waals surface area contributed by atoms with Crippen molar-refractivity contribution in [2.45, 2.75) is 20.3 Å². The number of hydrogen-bond acceptors (Lipinski definition) is 5. The fraction of sp³-hybridized carbons (Fsp3) is 0.333. The summed E-state index contributed by atoms with van der Waals surface area (Å²) in [4.78, 5) is 21.6. The lowest BCUT2D eigenvalue weighted by atomic mass is 10.2. The molecule has 5 nitrogen and oxygen atoms in total. The zero-order valence-corrected chi connectivity index (χ0v) is 11.0. The molecule has 0 aliphatic rings. The number of oxazole rings is 1. The number of hydroxylamine groups is 1. The molecule has 2 aromatic rings. The first kappa shape index (κ1) is 12.8. The Bertz CT molecular complexity index is 519. The SMILES string of the molecule is CCONC(=O)Cc1nc(-c2cccs2)oc1C. The standard InChI is InChI=1S/C12H14N2O3S/c1-3-16-14-11(15)7-9-8(2)17-12(13-9)10-5-4-6-18-10/h4-6H,3,7H2,1-2H3,(H,14,15). The van der Waals surface area contributed by atoms with Crippen molar-refractivity contribution < 1.29 is 14.0 Å². The molecule has 0 aliphatic heterocycles. The number of amides is 1. The lowest BCUT2D eigenvalue weighted by molar-refractivity contribution is -0.132. The molecular formula is C12H14N2O3S. The number of thiophene rings is 1. The number of nitrogens with one attached hydrogen (secondary N) is 1. The maximum atomic E-state index is 11.5. The Hall–Kier alpha value is -1.66. The molecular weight excluding hydrogens is 252 g/mol. The molecule has 0 saturated heterocycles. The average molecular weight is 266 g/mol. The molecule has 1 amide bonds. The maximum Gasteiger partial charge on any atom is 0.249 e. The number of carbonyl (C=O) groups excluding carboxylic acids is 1. The summed E-state index contributed by atoms with van der Waals surface area (Å²) in [5.74, 6) is 0.984. The Morgan fingerprint density at radius 1 is 1.61 bits per heavy atom. The van der Waals surface area contributed by atoms with Crippen molar-refractivity contribution in [2.75, 3.05) is 6.61 Å². The van der Waals surface area contributed by atoms with Crippen LogP contribution >= 0.6 is 11.3 Å². The van der Waals surface area contributed by atoms with Crippen molar-refractivity contribution in [3.8, 4) is 10.8 Å². The smallest absolute Gasteiger partial charge is 0.249 e. The van der Waals surface area contributed by atoms with E-state index in [4.69, 9.17) is 9.25 Å². The van der Waals surface area contributed by atoms with E-state index < -0.39 is 0 Å². The molecule has 0 spiro atoms. The van der Waals surface area contributed by atoms with Gasteiger partial charge in [0.1, 0.15) is 5.76 Å². The number of aromatic nitrogens is 1. The van der Waals surface area contributed by atoms with Gasteiger partial charge in [-0.25, -0.2) is 10.5 Å². The van der Waals surface area contributed by atoms with Gasteiger partial charge in [0.15, 0.2) is 0 Å². The molecule has 0 bridgehead atoms. The highest BCUT2D eigenvalue weighted by Gasteiger charge is 2.15. The quantitative estimate of drug-likeness (QED) is 0.843. The van der Waals surface area contributed by atoms with Gasteiger partial charge in [-0.1, -0.05) is 6.07 Å². The second-order valence-corrected chi connectivity index (χ2v) is 4.58. The third-order valence-electron chi connectivity index (χ3n) is 2.28. The van der Waals surface area contributed by atoms with Crippen molar-refractivity contribution in [2.24, 2.45) is 0 Å². The molecule has 2 rings (SSSR count). The molecule has 0 aromatic carbocycles. The van der Waals surface area contributed by atoms with Crippen LogP contribution in [0.4, 0.5) is 0 Å². The molecule has 2 heterocycles. The van der Waals surface area contributed by atoms with Gasteiger partial charge in [0.2, 0.25) is 11.8 Å². The first-order valence-electron chi connectivity index (χ1n) is 5.61. The third kappa shape index (κ3) is 2.96. The Morgan fingerprint density at radius 3 is 3.11 bits per heavy atom. The Morgan fingerprint density at radius 2 is 2.44 bits per heavy atom. The molecule has 0 aliphatic carbocycles. The van der Waals surface area contributed by atoms with Crippen LogP contribution in [0.1, 0.15) is 18.4 Å². The lowest BCUT2D eigenvalue weighted by Gasteiger charge is -2.01. The number of aryl methyl sites for hydroxylation is 1. The van der Waals surface area contributed by atoms with Crippen molar-refractivity contribution in [3.63, 3.8) is 0 Å². The van der Waals surface area contributed by atoms with Crippen LogP contribution in [0, 0.1) is 6.92 Å². The predicted octanol–water partition coefficient (Wildman–Crippen LogP) is 2.32. The van der Waals surface area contributed by atoms with Gasteiger partial charge in [0.25, 0.3) is 0 Å². The van der Waals surface area contributed by atoms with E-state index in [2.05, 4.69) is 10.5 Å². The summed E-state index contributed by atoms with van der Waals surface area (Å²) in [6.07, 6.45) is 0.153. The fourth-order valence-corrected chi connectivity index (χ4v) is 2.09. The number of nitrogens with zero attached hydrogens (tertiary/aromatic N) is 1. The normalized spacial score (nSPS) is 10.6. The van der Waals surface area contributed by atoms with Gasteiger partial charge in [-0.05, 0) is 25.3 Å². The van der Waals surface area contributed by atoms with E-state index in [-0.39, 0.29) is 12.3 Å². The van der Waals surface area contributed by atoms with Crippen LogP contribution in [0.25, 0.3) is 10.8 Å². The van der Waals surface area contributed by atoms with Crippen molar-refractivity contribution in [1.29, 1.82) is 0 Å². The highest BCUT2D eigenvalue weighted by Crippen LogP contribution is 2.25. The first-order chi connectivity index (χ1) is 8.70. The largest absolute Gasteiger partial charge is 0.440 e. The van der Waals surface area contributed by atoms with E-state index in [1.807, 2.05) is 17.5 Å². The van der Waals surface area contributed by atoms with Gasteiger partial charge in [0.05, 0.1) is 23.6 Å². The van der Waals surface area contributed by atoms with Crippen molar-refractivity contribution in [1.82, 2.24) is 10.5 Å². The molecule has 0 radical (unpaired) electrons. The third-order valence-corrected chi connectivity index (χ3v) is 3.14. The molecule has 0 atom stereocenters. The van der Waals surface area contributed by atoms with E-state index in [9.17, 15) is 4.79 Å². The van der Waals surface area contributed by atoms with E-state index in [0.29, 0.717) is 24.0 Å². The zero-order chi connectivity index (χ0) is 13.0. The van der Waals surface area contributed by atoms with Crippen LogP contribution in [0.2, 0.25) is 0 Å². The van der Waals surface area contributed by atoms with E-state index in [0.717, 1.165) is 4.88 Å². The summed E-state index contributed by atoms with van der Waals surface area (Å²) in [5.41, 5.74) is 2.97. The summed E-state index contributed by atoms with van der Waals surface area (Å²) in [6, 6.07) is 3.86. The molecule has 18 heavy (non-hydrogen) atoms. The van der Waals surface area contributed by atoms with Gasteiger partial charge < -0.3 is 4.42 Å². The number of hydrogen-bond donors (Lipinski definition) is 1. The number of carbonyl (C=O) groups is 1. The second-order valence-electron chi connectivity index (χ2n) is 3.63. The second kappa shape index (κ2) is 5.79. The zero-order valence-electron chi connectivity index (χ0n) is 10.2. The summed E-state index contributed by atoms with van der Waals surface area (Å²) in [6.45, 7) is 4.04. The van der Waals surface area contributed by atoms with Gasteiger partial charge >= 0.3 is 0 Å². The minimum absolute atomic E-state index is 0.153. The number of rotatable bonds is 5. The van der Waals surface area contributed by atoms with Crippen LogP contribution in [-0.4, -0.2) is 17.5 Å². The summed E-state index contributed by atoms with van der Waals surface area (Å²) >= 11 is 1.55. The van der Waals surface area contributed by atoms with Crippen molar-refractivity contribution in [3.05, 3.63) is 29.0 Å². The fourth-order valence-electron chi connectivity index (χ4n) is 1.44. The van der Waals surface area contributed by atoms with Crippen molar-refractivity contribution >= 4 is 17.2 Å². The molecule has 0 fully saturated rings. The predicted molar refractivity (Wildman–Crippen MR) is 68.0 cm³/mol. The van der Waals surface area contributed by atoms with E-state index in [1.54, 1.807) is 25.2 Å². The van der Waals surface area contributed by atoms with Crippen LogP contribution in [0.3, 0.4) is 0 Å². The Labute approximate surface area is 109 Å². The molecule has 6 heteroatoms. The van der Waals surface area contributed by atoms with Crippen LogP contribution in [-0.2, 0) is 16.1 Å². The van der Waals surface area contributed by atoms with E-state index >= 15 is 0 Å². The lowest BCUT2D eigenvalue weighted by Crippen LogP contribution is -2.25. The Balaban J connectivity index is 2.08. The highest BCUT2D eigenvalue weighted by molar-refractivity contribution is 7.13. The molecule has 2 aromatic heterocycles. The van der Waals surface area contributed by atoms with Gasteiger partial charge in [-0.2, -0.15) is 0 Å². The van der Waals surface area contributed by atoms with Gasteiger partial charge in [-0.15, -0.1) is 11.3 Å². The molecule has 0 unspecified atom stereocenters. The first-order valence-corrected chi connectivity index (χ1v) is 6.49. The summed E-state index contributed by atoms with van der Waals surface area (Å²) < 4.78 is 5.54. The Kier molecular flexibility index (Phi) is 4.11. The van der Waals surface area contributed by atoms with E-state index in [1.165, 1.54) is 0 Å². The van der Waals surface area contributed by atoms with Gasteiger partial charge in [-0.3, -0.25) is 9.63 Å². The summed E-state index contributed by atoms with van der Waals surface area (Å²) in [7, 11) is 0. The minimum Gasteiger partial charge on any atom is -0.440 e. The minimum atomic E-state index is -0.231. The van der Waals surface area contributed by atoms with Crippen LogP contribution in [0.5, 0.6) is 0 Å². The monoisotopic (exact) mass is 266 g/mol. The molecule has 96 valence electrons. The van der Waals surface area contributed by atoms with Gasteiger partial charge in [0, 0.05) is 0 Å². The van der Waals surface area contributed by atoms with Crippen LogP contribution < -0.4 is 5.48 Å². The maximum absolute atomic E-state index is 11.5. The average Bonchev–Trinajstić information content (AvgIpc) is 2.97. The highest BCUT2D eigenvalue weighted by atomic mass is 32.1. The summed E-state index contributed by atoms with van der Waals surface area (Å²) in [5, 5.41) is 1.95. The van der Waals surface area contributed by atoms with Crippen LogP contribution in [0.15, 0.2) is 21.9 Å². The topological polar surface area (TPSA) is 64.4 Å². The molecule has 0 saturated carbocycles. The molecule has 1 N–H and O–H groups in total.